The fourth-order valence-corrected chi connectivity index (χ4v) is 4.52. The van der Waals surface area contributed by atoms with E-state index in [1.165, 1.54) is 10.9 Å². The molecule has 32 heavy (non-hydrogen) atoms. The number of amides is 2. The first-order valence-corrected chi connectivity index (χ1v) is 11.3. The summed E-state index contributed by atoms with van der Waals surface area (Å²) < 4.78 is 5.39. The Hall–Kier alpha value is -3.28. The zero-order chi connectivity index (χ0) is 22.7. The molecule has 0 bridgehead atoms. The van der Waals surface area contributed by atoms with E-state index in [2.05, 4.69) is 22.6 Å². The fourth-order valence-electron chi connectivity index (χ4n) is 4.52. The lowest BCUT2D eigenvalue weighted by molar-refractivity contribution is -0.135. The zero-order valence-corrected chi connectivity index (χ0v) is 18.9. The van der Waals surface area contributed by atoms with Crippen LogP contribution in [0.4, 0.5) is 0 Å². The number of benzene rings is 2. The van der Waals surface area contributed by atoms with E-state index in [0.717, 1.165) is 24.1 Å². The number of carbonyl (C=O) groups excluding carboxylic acids is 2. The molecular formula is C26H31N3O3. The molecule has 0 aliphatic carbocycles. The standard InChI is InChI=1S/C26H31N3O3/c1-17(2)24(28-25(30)19-7-5-4-6-8-19)26(31)29-13-11-18(12-14-29)22-16-27-23-10-9-20(32-3)15-21(22)23/h4-10,15-18,24,27H,11-14H2,1-3H3,(H,28,30). The molecule has 1 saturated heterocycles. The van der Waals surface area contributed by atoms with Crippen LogP contribution >= 0.6 is 0 Å². The predicted molar refractivity (Wildman–Crippen MR) is 126 cm³/mol. The van der Waals surface area contributed by atoms with E-state index in [1.54, 1.807) is 19.2 Å². The summed E-state index contributed by atoms with van der Waals surface area (Å²) >= 11 is 0. The van der Waals surface area contributed by atoms with Crippen molar-refractivity contribution in [1.29, 1.82) is 0 Å². The Kier molecular flexibility index (Phi) is 6.49. The van der Waals surface area contributed by atoms with Crippen molar-refractivity contribution in [3.8, 4) is 5.75 Å². The number of H-pyrrole nitrogens is 1. The second-order valence-electron chi connectivity index (χ2n) is 8.82. The smallest absolute Gasteiger partial charge is 0.251 e. The Balaban J connectivity index is 1.42. The van der Waals surface area contributed by atoms with Gasteiger partial charge in [-0.2, -0.15) is 0 Å². The van der Waals surface area contributed by atoms with E-state index in [1.807, 2.05) is 49.1 Å². The van der Waals surface area contributed by atoms with E-state index >= 15 is 0 Å². The SMILES string of the molecule is COc1ccc2[nH]cc(C3CCN(C(=O)C(NC(=O)c4ccccc4)C(C)C)CC3)c2c1. The summed E-state index contributed by atoms with van der Waals surface area (Å²) in [5.41, 5.74) is 2.95. The molecular weight excluding hydrogens is 402 g/mol. The minimum absolute atomic E-state index is 0.00308. The molecule has 2 heterocycles. The molecule has 2 aromatic carbocycles. The molecule has 2 amide bonds. The normalized spacial score (nSPS) is 15.7. The molecule has 168 valence electrons. The van der Waals surface area contributed by atoms with Crippen molar-refractivity contribution >= 4 is 22.7 Å². The molecule has 6 heteroatoms. The van der Waals surface area contributed by atoms with Gasteiger partial charge in [0.25, 0.3) is 5.91 Å². The summed E-state index contributed by atoms with van der Waals surface area (Å²) in [5, 5.41) is 4.14. The van der Waals surface area contributed by atoms with Gasteiger partial charge < -0.3 is 19.9 Å². The van der Waals surface area contributed by atoms with Gasteiger partial charge in [0.1, 0.15) is 11.8 Å². The van der Waals surface area contributed by atoms with Gasteiger partial charge in [-0.05, 0) is 60.6 Å². The summed E-state index contributed by atoms with van der Waals surface area (Å²) in [4.78, 5) is 31.2. The molecule has 1 aromatic heterocycles. The lowest BCUT2D eigenvalue weighted by atomic mass is 9.88. The van der Waals surface area contributed by atoms with Crippen molar-refractivity contribution in [3.05, 3.63) is 65.9 Å². The molecule has 4 rings (SSSR count). The van der Waals surface area contributed by atoms with Gasteiger partial charge in [0, 0.05) is 35.8 Å². The maximum atomic E-state index is 13.3. The van der Waals surface area contributed by atoms with Crippen LogP contribution in [0.1, 0.15) is 48.5 Å². The molecule has 0 spiro atoms. The number of hydrogen-bond acceptors (Lipinski definition) is 3. The molecule has 1 unspecified atom stereocenters. The topological polar surface area (TPSA) is 74.4 Å². The van der Waals surface area contributed by atoms with Crippen LogP contribution in [0.3, 0.4) is 0 Å². The monoisotopic (exact) mass is 433 g/mol. The van der Waals surface area contributed by atoms with Gasteiger partial charge >= 0.3 is 0 Å². The number of hydrogen-bond donors (Lipinski definition) is 2. The summed E-state index contributed by atoms with van der Waals surface area (Å²) in [5.74, 6) is 1.04. The number of methoxy groups -OCH3 is 1. The molecule has 1 atom stereocenters. The van der Waals surface area contributed by atoms with Crippen molar-refractivity contribution < 1.29 is 14.3 Å². The first kappa shape index (κ1) is 21.9. The van der Waals surface area contributed by atoms with Crippen molar-refractivity contribution in [2.24, 2.45) is 5.92 Å². The van der Waals surface area contributed by atoms with Crippen molar-refractivity contribution in [2.45, 2.75) is 38.6 Å². The van der Waals surface area contributed by atoms with Gasteiger partial charge in [-0.3, -0.25) is 9.59 Å². The van der Waals surface area contributed by atoms with Gasteiger partial charge in [-0.15, -0.1) is 0 Å². The van der Waals surface area contributed by atoms with Gasteiger partial charge in [0.2, 0.25) is 5.91 Å². The third kappa shape index (κ3) is 4.49. The number of carbonyl (C=O) groups is 2. The highest BCUT2D eigenvalue weighted by molar-refractivity contribution is 5.97. The summed E-state index contributed by atoms with van der Waals surface area (Å²) in [7, 11) is 1.68. The van der Waals surface area contributed by atoms with Crippen LogP contribution in [0.2, 0.25) is 0 Å². The zero-order valence-electron chi connectivity index (χ0n) is 18.9. The minimum atomic E-state index is -0.531. The van der Waals surface area contributed by atoms with E-state index in [-0.39, 0.29) is 17.7 Å². The van der Waals surface area contributed by atoms with Crippen molar-refractivity contribution in [1.82, 2.24) is 15.2 Å². The largest absolute Gasteiger partial charge is 0.497 e. The number of likely N-dealkylation sites (tertiary alicyclic amines) is 1. The van der Waals surface area contributed by atoms with E-state index in [0.29, 0.717) is 24.6 Å². The van der Waals surface area contributed by atoms with E-state index < -0.39 is 6.04 Å². The molecule has 1 aliphatic heterocycles. The predicted octanol–water partition coefficient (Wildman–Crippen LogP) is 4.34. The average Bonchev–Trinajstić information content (AvgIpc) is 3.25. The number of fused-ring (bicyclic) bond motifs is 1. The number of piperidine rings is 1. The number of nitrogens with one attached hydrogen (secondary N) is 2. The Morgan fingerprint density at radius 2 is 1.81 bits per heavy atom. The molecule has 2 N–H and O–H groups in total. The van der Waals surface area contributed by atoms with Crippen molar-refractivity contribution in [3.63, 3.8) is 0 Å². The van der Waals surface area contributed by atoms with Crippen LogP contribution in [0.5, 0.6) is 5.75 Å². The van der Waals surface area contributed by atoms with Crippen LogP contribution in [-0.4, -0.2) is 47.9 Å². The maximum absolute atomic E-state index is 13.3. The van der Waals surface area contributed by atoms with Crippen LogP contribution in [0.25, 0.3) is 10.9 Å². The van der Waals surface area contributed by atoms with E-state index in [9.17, 15) is 9.59 Å². The minimum Gasteiger partial charge on any atom is -0.497 e. The van der Waals surface area contributed by atoms with Crippen LogP contribution in [0, 0.1) is 5.92 Å². The Morgan fingerprint density at radius 1 is 1.09 bits per heavy atom. The Labute approximate surface area is 188 Å². The summed E-state index contributed by atoms with van der Waals surface area (Å²) in [6.45, 7) is 5.31. The van der Waals surface area contributed by atoms with Crippen molar-refractivity contribution in [2.75, 3.05) is 20.2 Å². The second-order valence-corrected chi connectivity index (χ2v) is 8.82. The number of ether oxygens (including phenoxy) is 1. The maximum Gasteiger partial charge on any atom is 0.251 e. The third-order valence-corrected chi connectivity index (χ3v) is 6.42. The third-order valence-electron chi connectivity index (χ3n) is 6.42. The molecule has 1 aliphatic rings. The Bertz CT molecular complexity index is 1080. The number of aromatic amines is 1. The molecule has 0 radical (unpaired) electrons. The summed E-state index contributed by atoms with van der Waals surface area (Å²) in [6.07, 6.45) is 3.88. The van der Waals surface area contributed by atoms with Gasteiger partial charge in [-0.25, -0.2) is 0 Å². The first-order chi connectivity index (χ1) is 15.5. The first-order valence-electron chi connectivity index (χ1n) is 11.3. The number of aromatic nitrogens is 1. The molecule has 0 saturated carbocycles. The lowest BCUT2D eigenvalue weighted by Crippen LogP contribution is -2.52. The highest BCUT2D eigenvalue weighted by Crippen LogP contribution is 2.35. The highest BCUT2D eigenvalue weighted by Gasteiger charge is 2.32. The molecule has 3 aromatic rings. The van der Waals surface area contributed by atoms with Gasteiger partial charge in [0.05, 0.1) is 7.11 Å². The second kappa shape index (κ2) is 9.47. The lowest BCUT2D eigenvalue weighted by Gasteiger charge is -2.35. The summed E-state index contributed by atoms with van der Waals surface area (Å²) in [6, 6.07) is 14.6. The van der Waals surface area contributed by atoms with Crippen LogP contribution in [-0.2, 0) is 4.79 Å². The molecule has 6 nitrogen and oxygen atoms in total. The van der Waals surface area contributed by atoms with Gasteiger partial charge in [-0.1, -0.05) is 32.0 Å². The van der Waals surface area contributed by atoms with Crippen LogP contribution in [0.15, 0.2) is 54.7 Å². The quantitative estimate of drug-likeness (QED) is 0.607. The van der Waals surface area contributed by atoms with E-state index in [4.69, 9.17) is 4.74 Å². The van der Waals surface area contributed by atoms with Gasteiger partial charge in [0.15, 0.2) is 0 Å². The Morgan fingerprint density at radius 3 is 2.47 bits per heavy atom. The number of nitrogens with zero attached hydrogens (tertiary/aromatic N) is 1. The van der Waals surface area contributed by atoms with Crippen LogP contribution < -0.4 is 10.1 Å². The average molecular weight is 434 g/mol. The highest BCUT2D eigenvalue weighted by atomic mass is 16.5. The molecule has 1 fully saturated rings. The fraction of sp³-hybridized carbons (Fsp3) is 0.385. The number of rotatable bonds is 6.